The summed E-state index contributed by atoms with van der Waals surface area (Å²) in [5.41, 5.74) is 2.39. The van der Waals surface area contributed by atoms with Crippen LogP contribution in [0.2, 0.25) is 0 Å². The molecule has 4 rings (SSSR count). The molecular formula is C25H32N2O4. The highest BCUT2D eigenvalue weighted by Crippen LogP contribution is 2.41. The average molecular weight is 425 g/mol. The molecule has 0 aromatic heterocycles. The molecule has 1 aliphatic carbocycles. The molecule has 1 N–H and O–H groups in total. The zero-order valence-corrected chi connectivity index (χ0v) is 18.4. The predicted octanol–water partition coefficient (Wildman–Crippen LogP) is 3.21. The summed E-state index contributed by atoms with van der Waals surface area (Å²) in [6, 6.07) is 16.6. The number of rotatable bonds is 7. The molecule has 2 aromatic carbocycles. The largest absolute Gasteiger partial charge is 0.497 e. The Bertz CT molecular complexity index is 864. The highest BCUT2D eigenvalue weighted by Gasteiger charge is 2.41. The smallest absolute Gasteiger partial charge is 0.226 e. The van der Waals surface area contributed by atoms with Crippen LogP contribution in [0.15, 0.2) is 48.5 Å². The van der Waals surface area contributed by atoms with Crippen LogP contribution < -0.4 is 14.8 Å². The van der Waals surface area contributed by atoms with Crippen LogP contribution in [0.5, 0.6) is 11.5 Å². The number of carbonyl (C=O) groups excluding carboxylic acids is 1. The van der Waals surface area contributed by atoms with E-state index in [1.807, 2.05) is 29.2 Å². The fraction of sp³-hybridized carbons (Fsp3) is 0.480. The second-order valence-electron chi connectivity index (χ2n) is 8.32. The van der Waals surface area contributed by atoms with Gasteiger partial charge in [-0.1, -0.05) is 24.3 Å². The molecule has 0 spiro atoms. The molecule has 1 heterocycles. The molecule has 2 fully saturated rings. The summed E-state index contributed by atoms with van der Waals surface area (Å²) < 4.78 is 16.1. The summed E-state index contributed by atoms with van der Waals surface area (Å²) in [5.74, 6) is 2.14. The summed E-state index contributed by atoms with van der Waals surface area (Å²) in [6.07, 6.45) is 1.79. The van der Waals surface area contributed by atoms with E-state index in [2.05, 4.69) is 29.6 Å². The number of hydrogen-bond donors (Lipinski definition) is 1. The predicted molar refractivity (Wildman–Crippen MR) is 119 cm³/mol. The maximum atomic E-state index is 13.4. The Hall–Kier alpha value is -2.57. The SMILES string of the molecule is COc1ccc([C@H]2C[C@H](NCc3cccc(OC)c3)C[C@@H]2C(=O)N2CCOCC2)cc1. The van der Waals surface area contributed by atoms with Crippen molar-refractivity contribution in [3.63, 3.8) is 0 Å². The first kappa shape index (κ1) is 21.7. The van der Waals surface area contributed by atoms with E-state index in [0.717, 1.165) is 30.9 Å². The lowest BCUT2D eigenvalue weighted by Gasteiger charge is -2.31. The molecule has 6 nitrogen and oxygen atoms in total. The summed E-state index contributed by atoms with van der Waals surface area (Å²) in [7, 11) is 3.36. The van der Waals surface area contributed by atoms with Gasteiger partial charge in [0.15, 0.2) is 0 Å². The summed E-state index contributed by atoms with van der Waals surface area (Å²) in [6.45, 7) is 3.39. The van der Waals surface area contributed by atoms with Crippen molar-refractivity contribution < 1.29 is 19.0 Å². The van der Waals surface area contributed by atoms with Crippen LogP contribution in [-0.4, -0.2) is 57.4 Å². The molecule has 31 heavy (non-hydrogen) atoms. The Morgan fingerprint density at radius 1 is 1.03 bits per heavy atom. The Morgan fingerprint density at radius 2 is 1.77 bits per heavy atom. The third-order valence-electron chi connectivity index (χ3n) is 6.48. The highest BCUT2D eigenvalue weighted by molar-refractivity contribution is 5.80. The first-order chi connectivity index (χ1) is 15.2. The van der Waals surface area contributed by atoms with Gasteiger partial charge < -0.3 is 24.4 Å². The van der Waals surface area contributed by atoms with Crippen LogP contribution in [0.1, 0.15) is 29.9 Å². The molecule has 2 aromatic rings. The van der Waals surface area contributed by atoms with Crippen LogP contribution in [0, 0.1) is 5.92 Å². The lowest BCUT2D eigenvalue weighted by molar-refractivity contribution is -0.140. The Kier molecular flexibility index (Phi) is 7.10. The lowest BCUT2D eigenvalue weighted by Crippen LogP contribution is -2.44. The van der Waals surface area contributed by atoms with E-state index in [9.17, 15) is 4.79 Å². The third kappa shape index (κ3) is 5.20. The number of methoxy groups -OCH3 is 2. The molecule has 0 radical (unpaired) electrons. The summed E-state index contributed by atoms with van der Waals surface area (Å²) in [5, 5.41) is 3.68. The van der Waals surface area contributed by atoms with Crippen molar-refractivity contribution in [1.82, 2.24) is 10.2 Å². The first-order valence-corrected chi connectivity index (χ1v) is 11.0. The van der Waals surface area contributed by atoms with Gasteiger partial charge in [-0.25, -0.2) is 0 Å². The first-order valence-electron chi connectivity index (χ1n) is 11.0. The molecular weight excluding hydrogens is 392 g/mol. The normalized spacial score (nSPS) is 23.5. The number of amides is 1. The van der Waals surface area contributed by atoms with E-state index in [4.69, 9.17) is 14.2 Å². The number of benzene rings is 2. The van der Waals surface area contributed by atoms with E-state index in [0.29, 0.717) is 26.3 Å². The third-order valence-corrected chi connectivity index (χ3v) is 6.48. The molecule has 0 bridgehead atoms. The lowest BCUT2D eigenvalue weighted by atomic mass is 9.88. The standard InChI is InChI=1S/C25H32N2O4/c1-29-21-8-6-19(7-9-21)23-15-20(26-17-18-4-3-5-22(14-18)30-2)16-24(23)25(28)27-10-12-31-13-11-27/h3-9,14,20,23-24,26H,10-13,15-17H2,1-2H3/t20-,23+,24-/m0/s1. The molecule has 1 aliphatic heterocycles. The van der Waals surface area contributed by atoms with E-state index >= 15 is 0 Å². The molecule has 2 aliphatic rings. The Morgan fingerprint density at radius 3 is 2.48 bits per heavy atom. The monoisotopic (exact) mass is 424 g/mol. The van der Waals surface area contributed by atoms with Crippen molar-refractivity contribution in [2.45, 2.75) is 31.3 Å². The molecule has 0 unspecified atom stereocenters. The van der Waals surface area contributed by atoms with Gasteiger partial charge in [0.1, 0.15) is 11.5 Å². The zero-order valence-electron chi connectivity index (χ0n) is 18.4. The van der Waals surface area contributed by atoms with Gasteiger partial charge in [0.2, 0.25) is 5.91 Å². The van der Waals surface area contributed by atoms with E-state index in [1.54, 1.807) is 14.2 Å². The maximum absolute atomic E-state index is 13.4. The van der Waals surface area contributed by atoms with Crippen LogP contribution >= 0.6 is 0 Å². The number of carbonyl (C=O) groups is 1. The fourth-order valence-electron chi connectivity index (χ4n) is 4.76. The van der Waals surface area contributed by atoms with E-state index in [1.165, 1.54) is 11.1 Å². The Labute approximate surface area is 184 Å². The van der Waals surface area contributed by atoms with Gasteiger partial charge in [-0.3, -0.25) is 4.79 Å². The second-order valence-corrected chi connectivity index (χ2v) is 8.32. The zero-order chi connectivity index (χ0) is 21.6. The fourth-order valence-corrected chi connectivity index (χ4v) is 4.76. The minimum Gasteiger partial charge on any atom is -0.497 e. The molecule has 1 saturated carbocycles. The van der Waals surface area contributed by atoms with Gasteiger partial charge in [0.05, 0.1) is 27.4 Å². The number of hydrogen-bond acceptors (Lipinski definition) is 5. The maximum Gasteiger partial charge on any atom is 0.226 e. The molecule has 1 amide bonds. The molecule has 6 heteroatoms. The van der Waals surface area contributed by atoms with Crippen molar-refractivity contribution in [2.75, 3.05) is 40.5 Å². The minimum absolute atomic E-state index is 0.0192. The number of ether oxygens (including phenoxy) is 3. The van der Waals surface area contributed by atoms with Crippen molar-refractivity contribution in [2.24, 2.45) is 5.92 Å². The van der Waals surface area contributed by atoms with Crippen LogP contribution in [0.25, 0.3) is 0 Å². The van der Waals surface area contributed by atoms with Crippen molar-refractivity contribution in [3.8, 4) is 11.5 Å². The van der Waals surface area contributed by atoms with Gasteiger partial charge in [-0.2, -0.15) is 0 Å². The van der Waals surface area contributed by atoms with Gasteiger partial charge in [0.25, 0.3) is 0 Å². The topological polar surface area (TPSA) is 60.0 Å². The van der Waals surface area contributed by atoms with Crippen molar-refractivity contribution in [1.29, 1.82) is 0 Å². The molecule has 3 atom stereocenters. The molecule has 166 valence electrons. The number of nitrogens with one attached hydrogen (secondary N) is 1. The Balaban J connectivity index is 1.48. The molecule has 1 saturated heterocycles. The van der Waals surface area contributed by atoms with E-state index < -0.39 is 0 Å². The average Bonchev–Trinajstić information content (AvgIpc) is 3.27. The number of nitrogens with zero attached hydrogens (tertiary/aromatic N) is 1. The summed E-state index contributed by atoms with van der Waals surface area (Å²) in [4.78, 5) is 15.4. The van der Waals surface area contributed by atoms with Gasteiger partial charge in [0, 0.05) is 31.6 Å². The van der Waals surface area contributed by atoms with Crippen molar-refractivity contribution >= 4 is 5.91 Å². The van der Waals surface area contributed by atoms with Crippen molar-refractivity contribution in [3.05, 3.63) is 59.7 Å². The summed E-state index contributed by atoms with van der Waals surface area (Å²) >= 11 is 0. The highest BCUT2D eigenvalue weighted by atomic mass is 16.5. The van der Waals surface area contributed by atoms with Gasteiger partial charge in [-0.15, -0.1) is 0 Å². The van der Waals surface area contributed by atoms with Gasteiger partial charge >= 0.3 is 0 Å². The quantitative estimate of drug-likeness (QED) is 0.740. The van der Waals surface area contributed by atoms with Gasteiger partial charge in [-0.05, 0) is 54.2 Å². The van der Waals surface area contributed by atoms with Crippen LogP contribution in [0.4, 0.5) is 0 Å². The second kappa shape index (κ2) is 10.2. The van der Waals surface area contributed by atoms with E-state index in [-0.39, 0.29) is 23.8 Å². The van der Waals surface area contributed by atoms with Crippen LogP contribution in [-0.2, 0) is 16.1 Å². The minimum atomic E-state index is -0.0192. The van der Waals surface area contributed by atoms with Crippen LogP contribution in [0.3, 0.4) is 0 Å². The number of morpholine rings is 1.